The van der Waals surface area contributed by atoms with Gasteiger partial charge in [0, 0.05) is 18.2 Å². The van der Waals surface area contributed by atoms with Crippen LogP contribution in [0.4, 0.5) is 4.39 Å². The number of rotatable bonds is 2. The van der Waals surface area contributed by atoms with Crippen molar-refractivity contribution >= 4 is 15.9 Å². The number of ether oxygens (including phenoxy) is 1. The molecule has 0 radical (unpaired) electrons. The van der Waals surface area contributed by atoms with Gasteiger partial charge >= 0.3 is 0 Å². The van der Waals surface area contributed by atoms with E-state index in [4.69, 9.17) is 4.74 Å². The lowest BCUT2D eigenvalue weighted by molar-refractivity contribution is 0.207. The van der Waals surface area contributed by atoms with Gasteiger partial charge in [0.15, 0.2) is 0 Å². The summed E-state index contributed by atoms with van der Waals surface area (Å²) in [6.45, 7) is 0.390. The zero-order valence-electron chi connectivity index (χ0n) is 9.85. The molecule has 0 spiro atoms. The van der Waals surface area contributed by atoms with E-state index in [0.717, 1.165) is 5.56 Å². The Hall–Kier alpha value is -1.69. The van der Waals surface area contributed by atoms with E-state index in [1.807, 2.05) is 0 Å². The second kappa shape index (κ2) is 4.77. The van der Waals surface area contributed by atoms with E-state index in [-0.39, 0.29) is 17.5 Å². The number of aromatic nitrogens is 2. The molecule has 0 bridgehead atoms. The number of nitrogens with zero attached hydrogens (tertiary/aromatic N) is 2. The quantitative estimate of drug-likeness (QED) is 0.850. The van der Waals surface area contributed by atoms with Crippen molar-refractivity contribution in [2.24, 2.45) is 0 Å². The first-order chi connectivity index (χ1) is 9.13. The minimum atomic E-state index is -0.274. The van der Waals surface area contributed by atoms with Gasteiger partial charge in [0.2, 0.25) is 0 Å². The molecule has 1 atom stereocenters. The molecule has 1 aromatic heterocycles. The summed E-state index contributed by atoms with van der Waals surface area (Å²) < 4.78 is 20.7. The Morgan fingerprint density at radius 3 is 3.21 bits per heavy atom. The highest BCUT2D eigenvalue weighted by molar-refractivity contribution is 9.10. The zero-order chi connectivity index (χ0) is 13.4. The molecule has 6 heteroatoms. The van der Waals surface area contributed by atoms with Gasteiger partial charge in [-0.2, -0.15) is 0 Å². The van der Waals surface area contributed by atoms with E-state index < -0.39 is 0 Å². The van der Waals surface area contributed by atoms with Crippen LogP contribution in [0.15, 0.2) is 40.0 Å². The number of hydrogen-bond acceptors (Lipinski definition) is 3. The summed E-state index contributed by atoms with van der Waals surface area (Å²) in [7, 11) is 0. The van der Waals surface area contributed by atoms with E-state index >= 15 is 0 Å². The Morgan fingerprint density at radius 1 is 1.53 bits per heavy atom. The van der Waals surface area contributed by atoms with Crippen molar-refractivity contribution in [2.45, 2.75) is 19.1 Å². The van der Waals surface area contributed by atoms with E-state index in [2.05, 4.69) is 20.9 Å². The van der Waals surface area contributed by atoms with Gasteiger partial charge in [-0.05, 0) is 34.1 Å². The van der Waals surface area contributed by atoms with E-state index in [1.54, 1.807) is 6.07 Å². The molecule has 1 aliphatic rings. The topological polar surface area (TPSA) is 44.1 Å². The number of fused-ring (bicyclic) bond motifs is 1. The van der Waals surface area contributed by atoms with Gasteiger partial charge in [0.25, 0.3) is 5.56 Å². The maximum absolute atomic E-state index is 13.1. The Bertz CT molecular complexity index is 687. The molecule has 2 heterocycles. The number of halogens is 2. The first-order valence-corrected chi connectivity index (χ1v) is 6.58. The molecule has 0 fully saturated rings. The minimum absolute atomic E-state index is 0.152. The van der Waals surface area contributed by atoms with Crippen LogP contribution in [0.1, 0.15) is 5.56 Å². The van der Waals surface area contributed by atoms with Crippen LogP contribution in [0.3, 0.4) is 0 Å². The minimum Gasteiger partial charge on any atom is -0.488 e. The largest absolute Gasteiger partial charge is 0.488 e. The lowest BCUT2D eigenvalue weighted by Crippen LogP contribution is -2.29. The van der Waals surface area contributed by atoms with Gasteiger partial charge in [-0.1, -0.05) is 0 Å². The van der Waals surface area contributed by atoms with Crippen LogP contribution >= 0.6 is 15.9 Å². The van der Waals surface area contributed by atoms with Gasteiger partial charge < -0.3 is 4.74 Å². The van der Waals surface area contributed by atoms with Crippen molar-refractivity contribution in [1.82, 2.24) is 9.55 Å². The molecule has 98 valence electrons. The Morgan fingerprint density at radius 2 is 2.37 bits per heavy atom. The second-order valence-electron chi connectivity index (χ2n) is 4.40. The van der Waals surface area contributed by atoms with Gasteiger partial charge in [0.05, 0.1) is 12.9 Å². The molecular formula is C13H10BrFN2O2. The molecule has 0 aliphatic carbocycles. The van der Waals surface area contributed by atoms with Crippen LogP contribution in [-0.4, -0.2) is 15.7 Å². The average molecular weight is 325 g/mol. The molecule has 0 saturated carbocycles. The second-order valence-corrected chi connectivity index (χ2v) is 5.25. The lowest BCUT2D eigenvalue weighted by atomic mass is 10.1. The zero-order valence-corrected chi connectivity index (χ0v) is 11.4. The molecule has 1 aromatic carbocycles. The summed E-state index contributed by atoms with van der Waals surface area (Å²) in [6, 6.07) is 4.46. The molecular weight excluding hydrogens is 315 g/mol. The molecule has 1 aliphatic heterocycles. The van der Waals surface area contributed by atoms with E-state index in [0.29, 0.717) is 23.2 Å². The highest BCUT2D eigenvalue weighted by Gasteiger charge is 2.24. The van der Waals surface area contributed by atoms with Crippen molar-refractivity contribution in [3.8, 4) is 5.75 Å². The van der Waals surface area contributed by atoms with Crippen LogP contribution in [0.25, 0.3) is 0 Å². The van der Waals surface area contributed by atoms with Crippen molar-refractivity contribution in [2.75, 3.05) is 0 Å². The average Bonchev–Trinajstić information content (AvgIpc) is 2.76. The first-order valence-electron chi connectivity index (χ1n) is 5.78. The Labute approximate surface area is 117 Å². The third-order valence-electron chi connectivity index (χ3n) is 3.02. The van der Waals surface area contributed by atoms with Crippen molar-refractivity contribution in [1.29, 1.82) is 0 Å². The normalized spacial score (nSPS) is 17.1. The maximum atomic E-state index is 13.1. The van der Waals surface area contributed by atoms with Crippen molar-refractivity contribution in [3.05, 3.63) is 56.9 Å². The Kier molecular flexibility index (Phi) is 3.10. The molecule has 1 unspecified atom stereocenters. The Balaban J connectivity index is 1.81. The third kappa shape index (κ3) is 2.40. The summed E-state index contributed by atoms with van der Waals surface area (Å²) in [5, 5.41) is 0. The summed E-state index contributed by atoms with van der Waals surface area (Å²) in [4.78, 5) is 15.8. The van der Waals surface area contributed by atoms with Gasteiger partial charge in [-0.25, -0.2) is 9.37 Å². The van der Waals surface area contributed by atoms with Gasteiger partial charge in [0.1, 0.15) is 22.1 Å². The summed E-state index contributed by atoms with van der Waals surface area (Å²) >= 11 is 3.15. The molecule has 0 amide bonds. The van der Waals surface area contributed by atoms with Crippen molar-refractivity contribution in [3.63, 3.8) is 0 Å². The molecule has 0 saturated heterocycles. The van der Waals surface area contributed by atoms with E-state index in [1.165, 1.54) is 29.2 Å². The van der Waals surface area contributed by atoms with Crippen LogP contribution in [0, 0.1) is 5.82 Å². The SMILES string of the molecule is O=c1c(Br)cncn1CC1Cc2cc(F)ccc2O1. The molecule has 4 nitrogen and oxygen atoms in total. The smallest absolute Gasteiger partial charge is 0.267 e. The predicted octanol–water partition coefficient (Wildman–Crippen LogP) is 2.15. The van der Waals surface area contributed by atoms with E-state index in [9.17, 15) is 9.18 Å². The van der Waals surface area contributed by atoms with Crippen molar-refractivity contribution < 1.29 is 9.13 Å². The highest BCUT2D eigenvalue weighted by Crippen LogP contribution is 2.29. The fraction of sp³-hybridized carbons (Fsp3) is 0.231. The molecule has 2 aromatic rings. The maximum Gasteiger partial charge on any atom is 0.267 e. The number of hydrogen-bond donors (Lipinski definition) is 0. The standard InChI is InChI=1S/C13H10BrFN2O2/c14-11-5-16-7-17(13(11)18)6-10-4-8-3-9(15)1-2-12(8)19-10/h1-3,5,7,10H,4,6H2. The third-order valence-corrected chi connectivity index (χ3v) is 3.57. The molecule has 0 N–H and O–H groups in total. The molecule has 3 rings (SSSR count). The lowest BCUT2D eigenvalue weighted by Gasteiger charge is -2.12. The van der Waals surface area contributed by atoms with Gasteiger partial charge in [-0.15, -0.1) is 0 Å². The summed E-state index contributed by atoms with van der Waals surface area (Å²) in [6.07, 6.45) is 3.34. The fourth-order valence-electron chi connectivity index (χ4n) is 2.16. The number of benzene rings is 1. The summed E-state index contributed by atoms with van der Waals surface area (Å²) in [5.74, 6) is 0.409. The van der Waals surface area contributed by atoms with Gasteiger partial charge in [-0.3, -0.25) is 9.36 Å². The van der Waals surface area contributed by atoms with Crippen LogP contribution < -0.4 is 10.3 Å². The fourth-order valence-corrected chi connectivity index (χ4v) is 2.51. The monoisotopic (exact) mass is 324 g/mol. The predicted molar refractivity (Wildman–Crippen MR) is 70.7 cm³/mol. The van der Waals surface area contributed by atoms with Crippen LogP contribution in [0.2, 0.25) is 0 Å². The van der Waals surface area contributed by atoms with Crippen LogP contribution in [-0.2, 0) is 13.0 Å². The van der Waals surface area contributed by atoms with Crippen LogP contribution in [0.5, 0.6) is 5.75 Å². The summed E-state index contributed by atoms with van der Waals surface area (Å²) in [5.41, 5.74) is 0.682. The first kappa shape index (κ1) is 12.3. The molecule has 19 heavy (non-hydrogen) atoms. The highest BCUT2D eigenvalue weighted by atomic mass is 79.9.